The topological polar surface area (TPSA) is 55.1 Å². The summed E-state index contributed by atoms with van der Waals surface area (Å²) in [6.45, 7) is 0. The molecule has 0 aliphatic rings. The van der Waals surface area contributed by atoms with Crippen molar-refractivity contribution in [3.05, 3.63) is 47.8 Å². The van der Waals surface area contributed by atoms with Gasteiger partial charge in [0.25, 0.3) is 0 Å². The Bertz CT molecular complexity index is 591. The average Bonchev–Trinajstić information content (AvgIpc) is 2.72. The monoisotopic (exact) mass is 270 g/mol. The highest BCUT2D eigenvalue weighted by molar-refractivity contribution is 5.88. The number of hydrogen-bond acceptors (Lipinski definition) is 2. The number of aromatic nitrogens is 2. The molecule has 0 radical (unpaired) electrons. The highest BCUT2D eigenvalue weighted by Gasteiger charge is 2.32. The maximum Gasteiger partial charge on any atom is 0.394 e. The van der Waals surface area contributed by atoms with E-state index in [4.69, 9.17) is 5.11 Å². The lowest BCUT2D eigenvalue weighted by molar-refractivity contribution is -0.127. The van der Waals surface area contributed by atoms with Gasteiger partial charge in [0.05, 0.1) is 17.8 Å². The molecule has 1 heterocycles. The van der Waals surface area contributed by atoms with Crippen molar-refractivity contribution >= 4 is 5.97 Å². The largest absolute Gasteiger partial charge is 0.478 e. The van der Waals surface area contributed by atoms with Crippen LogP contribution in [-0.2, 0) is 6.42 Å². The number of carboxylic acids is 1. The molecule has 19 heavy (non-hydrogen) atoms. The first-order valence-electron chi connectivity index (χ1n) is 5.31. The van der Waals surface area contributed by atoms with Gasteiger partial charge in [0, 0.05) is 6.20 Å². The summed E-state index contributed by atoms with van der Waals surface area (Å²) in [7, 11) is 0. The van der Waals surface area contributed by atoms with Gasteiger partial charge in [0.2, 0.25) is 0 Å². The zero-order chi connectivity index (χ0) is 14.0. The summed E-state index contributed by atoms with van der Waals surface area (Å²) >= 11 is 0. The SMILES string of the molecule is O=C(O)c1cn(-c2ccccc2)nc1CC(F)(F)F. The Morgan fingerprint density at radius 3 is 2.42 bits per heavy atom. The highest BCUT2D eigenvalue weighted by atomic mass is 19.4. The number of halogens is 3. The molecule has 0 atom stereocenters. The van der Waals surface area contributed by atoms with Crippen LogP contribution in [0.2, 0.25) is 0 Å². The number of hydrogen-bond donors (Lipinski definition) is 1. The molecule has 2 rings (SSSR count). The third-order valence-corrected chi connectivity index (χ3v) is 2.41. The minimum absolute atomic E-state index is 0.443. The summed E-state index contributed by atoms with van der Waals surface area (Å²) in [4.78, 5) is 10.9. The second kappa shape index (κ2) is 4.75. The van der Waals surface area contributed by atoms with Crippen molar-refractivity contribution in [2.75, 3.05) is 0 Å². The van der Waals surface area contributed by atoms with Crippen molar-refractivity contribution in [2.24, 2.45) is 0 Å². The maximum absolute atomic E-state index is 12.4. The van der Waals surface area contributed by atoms with Crippen LogP contribution in [0, 0.1) is 0 Å². The van der Waals surface area contributed by atoms with Crippen molar-refractivity contribution in [1.82, 2.24) is 9.78 Å². The van der Waals surface area contributed by atoms with Gasteiger partial charge in [-0.15, -0.1) is 0 Å². The van der Waals surface area contributed by atoms with Crippen LogP contribution in [0.5, 0.6) is 0 Å². The van der Waals surface area contributed by atoms with Crippen LogP contribution < -0.4 is 0 Å². The molecule has 0 aliphatic carbocycles. The van der Waals surface area contributed by atoms with E-state index in [-0.39, 0.29) is 0 Å². The normalized spacial score (nSPS) is 11.5. The number of benzene rings is 1. The minimum Gasteiger partial charge on any atom is -0.478 e. The molecule has 0 amide bonds. The Balaban J connectivity index is 2.44. The molecule has 1 aromatic heterocycles. The number of carboxylic acid groups (broad SMARTS) is 1. The Hall–Kier alpha value is -2.31. The third kappa shape index (κ3) is 3.12. The summed E-state index contributed by atoms with van der Waals surface area (Å²) < 4.78 is 38.2. The number of carbonyl (C=O) groups is 1. The Morgan fingerprint density at radius 2 is 1.89 bits per heavy atom. The molecular weight excluding hydrogens is 261 g/mol. The van der Waals surface area contributed by atoms with E-state index in [1.807, 2.05) is 0 Å². The van der Waals surface area contributed by atoms with Gasteiger partial charge in [-0.3, -0.25) is 0 Å². The molecule has 100 valence electrons. The van der Waals surface area contributed by atoms with Gasteiger partial charge in [-0.2, -0.15) is 18.3 Å². The zero-order valence-corrected chi connectivity index (χ0v) is 9.55. The average molecular weight is 270 g/mol. The van der Waals surface area contributed by atoms with Gasteiger partial charge in [0.15, 0.2) is 0 Å². The lowest BCUT2D eigenvalue weighted by Gasteiger charge is -2.04. The molecule has 0 unspecified atom stereocenters. The molecule has 0 bridgehead atoms. The first-order valence-corrected chi connectivity index (χ1v) is 5.31. The summed E-state index contributed by atoms with van der Waals surface area (Å²) in [6, 6.07) is 8.34. The zero-order valence-electron chi connectivity index (χ0n) is 9.55. The first kappa shape index (κ1) is 13.1. The van der Waals surface area contributed by atoms with Gasteiger partial charge >= 0.3 is 12.1 Å². The second-order valence-electron chi connectivity index (χ2n) is 3.87. The number of aromatic carboxylic acids is 1. The Kier molecular flexibility index (Phi) is 3.28. The third-order valence-electron chi connectivity index (χ3n) is 2.41. The second-order valence-corrected chi connectivity index (χ2v) is 3.87. The van der Waals surface area contributed by atoms with E-state index in [0.29, 0.717) is 5.69 Å². The van der Waals surface area contributed by atoms with Crippen molar-refractivity contribution in [2.45, 2.75) is 12.6 Å². The molecule has 2 aromatic rings. The molecule has 7 heteroatoms. The van der Waals surface area contributed by atoms with E-state index in [1.54, 1.807) is 30.3 Å². The Morgan fingerprint density at radius 1 is 1.26 bits per heavy atom. The van der Waals surface area contributed by atoms with Crippen LogP contribution in [0.25, 0.3) is 5.69 Å². The number of rotatable bonds is 3. The van der Waals surface area contributed by atoms with E-state index >= 15 is 0 Å². The fraction of sp³-hybridized carbons (Fsp3) is 0.167. The molecule has 0 spiro atoms. The van der Waals surface area contributed by atoms with E-state index in [1.165, 1.54) is 0 Å². The molecule has 1 N–H and O–H groups in total. The van der Waals surface area contributed by atoms with Gasteiger partial charge in [-0.05, 0) is 12.1 Å². The van der Waals surface area contributed by atoms with E-state index in [0.717, 1.165) is 10.9 Å². The van der Waals surface area contributed by atoms with Crippen molar-refractivity contribution in [1.29, 1.82) is 0 Å². The van der Waals surface area contributed by atoms with E-state index in [2.05, 4.69) is 5.10 Å². The fourth-order valence-electron chi connectivity index (χ4n) is 1.62. The summed E-state index contributed by atoms with van der Waals surface area (Å²) in [5.74, 6) is -1.43. The molecule has 0 fully saturated rings. The summed E-state index contributed by atoms with van der Waals surface area (Å²) in [5.41, 5.74) is -0.441. The van der Waals surface area contributed by atoms with Gasteiger partial charge < -0.3 is 5.11 Å². The standard InChI is InChI=1S/C12H9F3N2O2/c13-12(14,15)6-10-9(11(18)19)7-17(16-10)8-4-2-1-3-5-8/h1-5,7H,6H2,(H,18,19). The van der Waals surface area contributed by atoms with Gasteiger partial charge in [-0.1, -0.05) is 18.2 Å². The lowest BCUT2D eigenvalue weighted by Crippen LogP contribution is -2.14. The van der Waals surface area contributed by atoms with Crippen LogP contribution in [0.3, 0.4) is 0 Å². The minimum atomic E-state index is -4.50. The predicted molar refractivity (Wildman–Crippen MR) is 60.3 cm³/mol. The number of para-hydroxylation sites is 1. The number of alkyl halides is 3. The van der Waals surface area contributed by atoms with E-state index in [9.17, 15) is 18.0 Å². The highest BCUT2D eigenvalue weighted by Crippen LogP contribution is 2.23. The number of nitrogens with zero attached hydrogens (tertiary/aromatic N) is 2. The fourth-order valence-corrected chi connectivity index (χ4v) is 1.62. The Labute approximate surface area is 106 Å². The summed E-state index contributed by atoms with van der Waals surface area (Å²) in [5, 5.41) is 12.6. The van der Waals surface area contributed by atoms with Crippen LogP contribution >= 0.6 is 0 Å². The molecular formula is C12H9F3N2O2. The maximum atomic E-state index is 12.4. The van der Waals surface area contributed by atoms with Crippen LogP contribution in [0.1, 0.15) is 16.1 Å². The molecule has 0 saturated heterocycles. The molecule has 0 saturated carbocycles. The van der Waals surface area contributed by atoms with Gasteiger partial charge in [-0.25, -0.2) is 9.48 Å². The van der Waals surface area contributed by atoms with Crippen LogP contribution in [0.15, 0.2) is 36.5 Å². The van der Waals surface area contributed by atoms with Crippen molar-refractivity contribution in [3.63, 3.8) is 0 Å². The van der Waals surface area contributed by atoms with Crippen molar-refractivity contribution < 1.29 is 23.1 Å². The van der Waals surface area contributed by atoms with Gasteiger partial charge in [0.1, 0.15) is 5.56 Å². The van der Waals surface area contributed by atoms with Crippen molar-refractivity contribution in [3.8, 4) is 5.69 Å². The molecule has 1 aromatic carbocycles. The lowest BCUT2D eigenvalue weighted by atomic mass is 10.2. The molecule has 0 aliphatic heterocycles. The molecule has 4 nitrogen and oxygen atoms in total. The quantitative estimate of drug-likeness (QED) is 0.932. The summed E-state index contributed by atoms with van der Waals surface area (Å²) in [6.07, 6.45) is -4.78. The van der Waals surface area contributed by atoms with Crippen LogP contribution in [-0.4, -0.2) is 27.0 Å². The predicted octanol–water partition coefficient (Wildman–Crippen LogP) is 2.68. The van der Waals surface area contributed by atoms with E-state index < -0.39 is 29.8 Å². The first-order chi connectivity index (χ1) is 8.87. The van der Waals surface area contributed by atoms with Crippen LogP contribution in [0.4, 0.5) is 13.2 Å². The smallest absolute Gasteiger partial charge is 0.394 e.